The van der Waals surface area contributed by atoms with Gasteiger partial charge in [0, 0.05) is 19.0 Å². The van der Waals surface area contributed by atoms with Crippen LogP contribution in [0.2, 0.25) is 0 Å². The van der Waals surface area contributed by atoms with Gasteiger partial charge in [-0.25, -0.2) is 0 Å². The molecule has 1 fully saturated rings. The number of ether oxygens (including phenoxy) is 2. The van der Waals surface area contributed by atoms with Crippen LogP contribution in [-0.4, -0.2) is 24.3 Å². The molecule has 14 heavy (non-hydrogen) atoms. The molecule has 1 aromatic rings. The minimum absolute atomic E-state index is 0.298. The van der Waals surface area contributed by atoms with E-state index in [-0.39, 0.29) is 0 Å². The zero-order chi connectivity index (χ0) is 9.80. The lowest BCUT2D eigenvalue weighted by atomic mass is 10.1. The number of aryl methyl sites for hydroxylation is 1. The van der Waals surface area contributed by atoms with Crippen molar-refractivity contribution in [2.24, 2.45) is 0 Å². The molecule has 0 spiro atoms. The average Bonchev–Trinajstić information content (AvgIpc) is 2.23. The standard InChI is InChI=1S/C11H15NO2/c1-9-11(3-2-6-12-9)14-10-4-7-13-8-5-10/h2-3,6,10H,4-5,7-8H2,1H3. The minimum Gasteiger partial charge on any atom is -0.488 e. The first-order chi connectivity index (χ1) is 6.86. The molecule has 3 heteroatoms. The summed E-state index contributed by atoms with van der Waals surface area (Å²) in [5, 5.41) is 0. The van der Waals surface area contributed by atoms with Crippen molar-refractivity contribution in [2.45, 2.75) is 25.9 Å². The van der Waals surface area contributed by atoms with Gasteiger partial charge in [-0.15, -0.1) is 0 Å². The van der Waals surface area contributed by atoms with Gasteiger partial charge in [-0.2, -0.15) is 0 Å². The molecule has 0 saturated carbocycles. The maximum Gasteiger partial charge on any atom is 0.140 e. The molecule has 2 heterocycles. The summed E-state index contributed by atoms with van der Waals surface area (Å²) in [6.07, 6.45) is 4.04. The van der Waals surface area contributed by atoms with Crippen LogP contribution < -0.4 is 4.74 Å². The van der Waals surface area contributed by atoms with E-state index in [2.05, 4.69) is 4.98 Å². The number of rotatable bonds is 2. The summed E-state index contributed by atoms with van der Waals surface area (Å²) in [5.74, 6) is 0.902. The van der Waals surface area contributed by atoms with Crippen LogP contribution in [-0.2, 0) is 4.74 Å². The number of hydrogen-bond acceptors (Lipinski definition) is 3. The lowest BCUT2D eigenvalue weighted by Gasteiger charge is -2.23. The number of aromatic nitrogens is 1. The predicted molar refractivity (Wildman–Crippen MR) is 53.4 cm³/mol. The van der Waals surface area contributed by atoms with Crippen molar-refractivity contribution in [1.29, 1.82) is 0 Å². The number of nitrogens with zero attached hydrogens (tertiary/aromatic N) is 1. The van der Waals surface area contributed by atoms with Crippen LogP contribution in [0.4, 0.5) is 0 Å². The van der Waals surface area contributed by atoms with Crippen molar-refractivity contribution in [1.82, 2.24) is 4.98 Å². The molecular weight excluding hydrogens is 178 g/mol. The Morgan fingerprint density at radius 1 is 1.43 bits per heavy atom. The van der Waals surface area contributed by atoms with Gasteiger partial charge in [0.05, 0.1) is 18.9 Å². The Labute approximate surface area is 84.1 Å². The van der Waals surface area contributed by atoms with Gasteiger partial charge in [-0.05, 0) is 19.1 Å². The molecular formula is C11H15NO2. The van der Waals surface area contributed by atoms with E-state index in [0.717, 1.165) is 37.5 Å². The minimum atomic E-state index is 0.298. The van der Waals surface area contributed by atoms with E-state index in [1.54, 1.807) is 6.20 Å². The Balaban J connectivity index is 1.99. The second-order valence-corrected chi connectivity index (χ2v) is 3.52. The molecule has 0 aliphatic carbocycles. The molecule has 1 aliphatic rings. The van der Waals surface area contributed by atoms with Gasteiger partial charge in [0.25, 0.3) is 0 Å². The molecule has 0 atom stereocenters. The molecule has 76 valence electrons. The average molecular weight is 193 g/mol. The largest absolute Gasteiger partial charge is 0.488 e. The third-order valence-electron chi connectivity index (χ3n) is 2.42. The van der Waals surface area contributed by atoms with Crippen molar-refractivity contribution in [3.05, 3.63) is 24.0 Å². The Hall–Kier alpha value is -1.09. The SMILES string of the molecule is Cc1ncccc1OC1CCOCC1. The topological polar surface area (TPSA) is 31.4 Å². The van der Waals surface area contributed by atoms with Gasteiger partial charge in [0.15, 0.2) is 0 Å². The van der Waals surface area contributed by atoms with E-state index >= 15 is 0 Å². The van der Waals surface area contributed by atoms with E-state index < -0.39 is 0 Å². The molecule has 3 nitrogen and oxygen atoms in total. The molecule has 0 amide bonds. The summed E-state index contributed by atoms with van der Waals surface area (Å²) < 4.78 is 11.1. The molecule has 0 N–H and O–H groups in total. The van der Waals surface area contributed by atoms with Gasteiger partial charge >= 0.3 is 0 Å². The van der Waals surface area contributed by atoms with Crippen LogP contribution in [0.3, 0.4) is 0 Å². The first-order valence-corrected chi connectivity index (χ1v) is 5.02. The highest BCUT2D eigenvalue weighted by Gasteiger charge is 2.15. The van der Waals surface area contributed by atoms with Crippen molar-refractivity contribution in [2.75, 3.05) is 13.2 Å². The molecule has 1 aromatic heterocycles. The smallest absolute Gasteiger partial charge is 0.140 e. The van der Waals surface area contributed by atoms with Crippen molar-refractivity contribution in [3.63, 3.8) is 0 Å². The Bertz CT molecular complexity index is 295. The molecule has 0 radical (unpaired) electrons. The maximum atomic E-state index is 5.84. The lowest BCUT2D eigenvalue weighted by Crippen LogP contribution is -2.26. The van der Waals surface area contributed by atoms with Crippen LogP contribution in [0.5, 0.6) is 5.75 Å². The highest BCUT2D eigenvalue weighted by Crippen LogP contribution is 2.19. The summed E-state index contributed by atoms with van der Waals surface area (Å²) in [4.78, 5) is 4.19. The number of hydrogen-bond donors (Lipinski definition) is 0. The van der Waals surface area contributed by atoms with Crippen LogP contribution in [0, 0.1) is 6.92 Å². The second kappa shape index (κ2) is 4.42. The second-order valence-electron chi connectivity index (χ2n) is 3.52. The van der Waals surface area contributed by atoms with E-state index in [1.165, 1.54) is 0 Å². The first kappa shape index (κ1) is 9.46. The van der Waals surface area contributed by atoms with E-state index in [4.69, 9.17) is 9.47 Å². The highest BCUT2D eigenvalue weighted by molar-refractivity contribution is 5.25. The van der Waals surface area contributed by atoms with Gasteiger partial charge < -0.3 is 9.47 Å². The van der Waals surface area contributed by atoms with Crippen molar-refractivity contribution < 1.29 is 9.47 Å². The quantitative estimate of drug-likeness (QED) is 0.719. The third-order valence-corrected chi connectivity index (χ3v) is 2.42. The fourth-order valence-electron chi connectivity index (χ4n) is 1.57. The Morgan fingerprint density at radius 2 is 2.21 bits per heavy atom. The predicted octanol–water partition coefficient (Wildman–Crippen LogP) is 1.95. The van der Waals surface area contributed by atoms with E-state index in [1.807, 2.05) is 19.1 Å². The molecule has 0 bridgehead atoms. The summed E-state index contributed by atoms with van der Waals surface area (Å²) in [6.45, 7) is 3.59. The van der Waals surface area contributed by atoms with Crippen LogP contribution >= 0.6 is 0 Å². The molecule has 2 rings (SSSR count). The monoisotopic (exact) mass is 193 g/mol. The summed E-state index contributed by atoms with van der Waals surface area (Å²) in [6, 6.07) is 3.87. The zero-order valence-corrected chi connectivity index (χ0v) is 8.40. The van der Waals surface area contributed by atoms with Crippen molar-refractivity contribution in [3.8, 4) is 5.75 Å². The highest BCUT2D eigenvalue weighted by atomic mass is 16.5. The zero-order valence-electron chi connectivity index (χ0n) is 8.40. The lowest BCUT2D eigenvalue weighted by molar-refractivity contribution is 0.0251. The molecule has 0 unspecified atom stereocenters. The summed E-state index contributed by atoms with van der Waals surface area (Å²) >= 11 is 0. The number of pyridine rings is 1. The van der Waals surface area contributed by atoms with Gasteiger partial charge in [0.2, 0.25) is 0 Å². The Morgan fingerprint density at radius 3 is 2.93 bits per heavy atom. The summed E-state index contributed by atoms with van der Waals surface area (Å²) in [7, 11) is 0. The molecule has 1 saturated heterocycles. The van der Waals surface area contributed by atoms with E-state index in [9.17, 15) is 0 Å². The fourth-order valence-corrected chi connectivity index (χ4v) is 1.57. The maximum absolute atomic E-state index is 5.84. The summed E-state index contributed by atoms with van der Waals surface area (Å²) in [5.41, 5.74) is 0.957. The van der Waals surface area contributed by atoms with Crippen LogP contribution in [0.1, 0.15) is 18.5 Å². The van der Waals surface area contributed by atoms with E-state index in [0.29, 0.717) is 6.10 Å². The van der Waals surface area contributed by atoms with Crippen LogP contribution in [0.15, 0.2) is 18.3 Å². The first-order valence-electron chi connectivity index (χ1n) is 5.02. The normalized spacial score (nSPS) is 18.1. The molecule has 0 aromatic carbocycles. The fraction of sp³-hybridized carbons (Fsp3) is 0.545. The van der Waals surface area contributed by atoms with Crippen molar-refractivity contribution >= 4 is 0 Å². The Kier molecular flexibility index (Phi) is 2.99. The van der Waals surface area contributed by atoms with Gasteiger partial charge in [-0.1, -0.05) is 0 Å². The van der Waals surface area contributed by atoms with Gasteiger partial charge in [0.1, 0.15) is 11.9 Å². The molecule has 1 aliphatic heterocycles. The third kappa shape index (κ3) is 2.23. The van der Waals surface area contributed by atoms with Crippen LogP contribution in [0.25, 0.3) is 0 Å². The van der Waals surface area contributed by atoms with Gasteiger partial charge in [-0.3, -0.25) is 4.98 Å².